The van der Waals surface area contributed by atoms with Crippen molar-refractivity contribution in [2.75, 3.05) is 24.2 Å². The molecule has 40 heavy (non-hydrogen) atoms. The largest absolute Gasteiger partial charge is 0.421 e. The minimum Gasteiger partial charge on any atom is -0.421 e. The van der Waals surface area contributed by atoms with Crippen molar-refractivity contribution in [2.45, 2.75) is 41.2 Å². The number of carbonyl (C=O) groups excluding carboxylic acids is 2. The Kier molecular flexibility index (Phi) is 7.90. The molecule has 4 rings (SSSR count). The fraction of sp³-hybridized carbons (Fsp3) is 0.267. The van der Waals surface area contributed by atoms with E-state index in [0.717, 1.165) is 0 Å². The van der Waals surface area contributed by atoms with Crippen LogP contribution in [0.5, 0.6) is 0 Å². The molecule has 2 aromatic carbocycles. The Labute approximate surface area is 230 Å². The van der Waals surface area contributed by atoms with E-state index in [-0.39, 0.29) is 52.8 Å². The summed E-state index contributed by atoms with van der Waals surface area (Å²) in [7, 11) is 1.64. The van der Waals surface area contributed by atoms with Gasteiger partial charge in [0.15, 0.2) is 5.58 Å². The summed E-state index contributed by atoms with van der Waals surface area (Å²) in [5.41, 5.74) is 1.98. The normalized spacial score (nSPS) is 11.0. The van der Waals surface area contributed by atoms with Crippen LogP contribution < -0.4 is 21.8 Å². The summed E-state index contributed by atoms with van der Waals surface area (Å²) in [6.45, 7) is 8.22. The number of fused-ring (bicyclic) bond motifs is 1. The Hall–Kier alpha value is -4.73. The van der Waals surface area contributed by atoms with Crippen molar-refractivity contribution in [1.29, 1.82) is 0 Å². The van der Waals surface area contributed by atoms with Gasteiger partial charge in [0.1, 0.15) is 11.2 Å². The van der Waals surface area contributed by atoms with Crippen LogP contribution in [0.4, 0.5) is 21.5 Å². The topological polar surface area (TPSA) is 114 Å². The van der Waals surface area contributed by atoms with Gasteiger partial charge in [-0.3, -0.25) is 14.4 Å². The molecular formula is C30H31FN4O5. The monoisotopic (exact) mass is 546 g/mol. The van der Waals surface area contributed by atoms with Gasteiger partial charge >= 0.3 is 5.63 Å². The first-order valence-corrected chi connectivity index (χ1v) is 12.7. The number of halogens is 1. The first kappa shape index (κ1) is 28.3. The lowest BCUT2D eigenvalue weighted by Crippen LogP contribution is -2.33. The van der Waals surface area contributed by atoms with Gasteiger partial charge in [-0.05, 0) is 56.2 Å². The number of aryl methyl sites for hydroxylation is 1. The van der Waals surface area contributed by atoms with Gasteiger partial charge in [-0.25, -0.2) is 9.18 Å². The van der Waals surface area contributed by atoms with Crippen molar-refractivity contribution in [3.8, 4) is 11.1 Å². The van der Waals surface area contributed by atoms with Crippen LogP contribution in [0.15, 0.2) is 56.5 Å². The fourth-order valence-corrected chi connectivity index (χ4v) is 4.57. The maximum Gasteiger partial charge on any atom is 0.341 e. The summed E-state index contributed by atoms with van der Waals surface area (Å²) >= 11 is 0. The summed E-state index contributed by atoms with van der Waals surface area (Å²) in [5.74, 6) is -0.960. The highest BCUT2D eigenvalue weighted by Gasteiger charge is 2.24. The Morgan fingerprint density at radius 1 is 1.05 bits per heavy atom. The fourth-order valence-electron chi connectivity index (χ4n) is 4.57. The summed E-state index contributed by atoms with van der Waals surface area (Å²) in [6.07, 6.45) is 0. The lowest BCUT2D eigenvalue weighted by molar-refractivity contribution is -0.127. The lowest BCUT2D eigenvalue weighted by Gasteiger charge is -2.21. The number of likely N-dealkylation sites (N-methyl/N-ethyl adjacent to an activating group) is 1. The van der Waals surface area contributed by atoms with Crippen molar-refractivity contribution in [3.63, 3.8) is 0 Å². The lowest BCUT2D eigenvalue weighted by atomic mass is 9.99. The van der Waals surface area contributed by atoms with E-state index in [2.05, 4.69) is 10.6 Å². The van der Waals surface area contributed by atoms with Crippen LogP contribution in [0.1, 0.15) is 30.7 Å². The summed E-state index contributed by atoms with van der Waals surface area (Å²) in [4.78, 5) is 52.2. The third-order valence-corrected chi connectivity index (χ3v) is 6.86. The molecule has 0 bridgehead atoms. The Bertz CT molecular complexity index is 1770. The van der Waals surface area contributed by atoms with Gasteiger partial charge in [-0.15, -0.1) is 0 Å². The second-order valence-electron chi connectivity index (χ2n) is 9.82. The highest BCUT2D eigenvalue weighted by atomic mass is 19.1. The molecule has 208 valence electrons. The molecule has 2 heterocycles. The molecule has 0 aliphatic heterocycles. The van der Waals surface area contributed by atoms with Crippen LogP contribution in [-0.4, -0.2) is 34.9 Å². The highest BCUT2D eigenvalue weighted by Crippen LogP contribution is 2.36. The number of pyridine rings is 1. The average molecular weight is 547 g/mol. The van der Waals surface area contributed by atoms with E-state index in [1.54, 1.807) is 51.2 Å². The van der Waals surface area contributed by atoms with Gasteiger partial charge < -0.3 is 24.5 Å². The van der Waals surface area contributed by atoms with Gasteiger partial charge in [0.2, 0.25) is 11.8 Å². The van der Waals surface area contributed by atoms with E-state index in [1.165, 1.54) is 42.4 Å². The van der Waals surface area contributed by atoms with Crippen LogP contribution >= 0.6 is 0 Å². The molecule has 0 saturated heterocycles. The molecule has 2 amide bonds. The molecule has 2 N–H and O–H groups in total. The Morgan fingerprint density at radius 2 is 1.77 bits per heavy atom. The van der Waals surface area contributed by atoms with Gasteiger partial charge in [-0.2, -0.15) is 0 Å². The summed E-state index contributed by atoms with van der Waals surface area (Å²) in [6, 6.07) is 11.5. The SMILES string of the molecule is CC(=O)Nc1cccc(-c2c(C)n(CCN(C)C(C)=O)c(=O)c3c(Nc4ccc(C)cc4F)c(C)c(=O)oc23)c1. The number of hydrogen-bond donors (Lipinski definition) is 2. The Morgan fingerprint density at radius 3 is 2.42 bits per heavy atom. The molecule has 10 heteroatoms. The van der Waals surface area contributed by atoms with Crippen LogP contribution in [0.25, 0.3) is 22.1 Å². The van der Waals surface area contributed by atoms with Gasteiger partial charge in [0.05, 0.1) is 16.9 Å². The quantitative estimate of drug-likeness (QED) is 0.342. The molecule has 2 aromatic heterocycles. The smallest absolute Gasteiger partial charge is 0.341 e. The third kappa shape index (κ3) is 5.51. The van der Waals surface area contributed by atoms with E-state index in [1.807, 2.05) is 0 Å². The number of hydrogen-bond acceptors (Lipinski definition) is 6. The number of aromatic nitrogens is 1. The van der Waals surface area contributed by atoms with Crippen LogP contribution in [-0.2, 0) is 16.1 Å². The molecular weight excluding hydrogens is 515 g/mol. The molecule has 0 aliphatic carbocycles. The highest BCUT2D eigenvalue weighted by molar-refractivity contribution is 6.01. The number of carbonyl (C=O) groups is 2. The van der Waals surface area contributed by atoms with Gasteiger partial charge in [0.25, 0.3) is 5.56 Å². The van der Waals surface area contributed by atoms with Crippen molar-refractivity contribution >= 4 is 39.8 Å². The summed E-state index contributed by atoms with van der Waals surface area (Å²) in [5, 5.41) is 5.77. The standard InChI is InChI=1S/C30H31FN4O5/c1-16-10-11-24(23(31)14-16)33-27-17(2)30(39)40-28-25(21-8-7-9-22(15-21)32-19(4)36)18(3)35(29(38)26(27)28)13-12-34(6)20(5)37/h7-11,14-15,33H,12-13H2,1-6H3,(H,32,36). The average Bonchev–Trinajstić information content (AvgIpc) is 2.87. The minimum absolute atomic E-state index is 0.0317. The number of anilines is 3. The molecule has 0 atom stereocenters. The van der Waals surface area contributed by atoms with Crippen molar-refractivity contribution in [1.82, 2.24) is 9.47 Å². The molecule has 0 radical (unpaired) electrons. The van der Waals surface area contributed by atoms with Crippen molar-refractivity contribution in [2.24, 2.45) is 0 Å². The first-order valence-electron chi connectivity index (χ1n) is 12.7. The van der Waals surface area contributed by atoms with Crippen LogP contribution in [0.3, 0.4) is 0 Å². The number of rotatable bonds is 7. The van der Waals surface area contributed by atoms with E-state index in [9.17, 15) is 23.6 Å². The predicted molar refractivity (Wildman–Crippen MR) is 154 cm³/mol. The van der Waals surface area contributed by atoms with E-state index in [4.69, 9.17) is 4.42 Å². The number of benzene rings is 2. The summed E-state index contributed by atoms with van der Waals surface area (Å²) < 4.78 is 22.1. The maximum atomic E-state index is 14.9. The zero-order valence-corrected chi connectivity index (χ0v) is 23.3. The molecule has 0 spiro atoms. The number of nitrogens with zero attached hydrogens (tertiary/aromatic N) is 2. The second-order valence-corrected chi connectivity index (χ2v) is 9.82. The molecule has 0 fully saturated rings. The molecule has 0 saturated carbocycles. The Balaban J connectivity index is 2.07. The third-order valence-electron chi connectivity index (χ3n) is 6.86. The predicted octanol–water partition coefficient (Wildman–Crippen LogP) is 4.87. The number of amides is 2. The number of nitrogens with one attached hydrogen (secondary N) is 2. The molecule has 0 aliphatic rings. The first-order chi connectivity index (χ1) is 18.9. The van der Waals surface area contributed by atoms with Crippen LogP contribution in [0, 0.1) is 26.6 Å². The zero-order chi connectivity index (χ0) is 29.3. The van der Waals surface area contributed by atoms with Crippen LogP contribution in [0.2, 0.25) is 0 Å². The molecule has 0 unspecified atom stereocenters. The second kappa shape index (κ2) is 11.2. The van der Waals surface area contributed by atoms with Crippen molar-refractivity contribution in [3.05, 3.63) is 85.9 Å². The van der Waals surface area contributed by atoms with Gasteiger partial charge in [-0.1, -0.05) is 18.2 Å². The van der Waals surface area contributed by atoms with E-state index >= 15 is 0 Å². The van der Waals surface area contributed by atoms with E-state index in [0.29, 0.717) is 28.1 Å². The minimum atomic E-state index is -0.686. The van der Waals surface area contributed by atoms with Gasteiger partial charge in [0, 0.05) is 50.9 Å². The maximum absolute atomic E-state index is 14.9. The molecule has 4 aromatic rings. The van der Waals surface area contributed by atoms with E-state index < -0.39 is 17.0 Å². The molecule has 9 nitrogen and oxygen atoms in total. The zero-order valence-electron chi connectivity index (χ0n) is 23.3. The van der Waals surface area contributed by atoms with Crippen molar-refractivity contribution < 1.29 is 18.4 Å².